The monoisotopic (exact) mass is 296 g/mol. The largest absolute Gasteiger partial charge is 0.422 e. The molecular formula is C16H24O5. The van der Waals surface area contributed by atoms with E-state index in [0.717, 1.165) is 24.8 Å². The number of carbonyl (C=O) groups excluding carboxylic acids is 3. The Labute approximate surface area is 125 Å². The summed E-state index contributed by atoms with van der Waals surface area (Å²) < 4.78 is 9.92. The van der Waals surface area contributed by atoms with Crippen LogP contribution in [0.25, 0.3) is 0 Å². The van der Waals surface area contributed by atoms with E-state index in [4.69, 9.17) is 9.47 Å². The highest BCUT2D eigenvalue weighted by atomic mass is 16.7. The van der Waals surface area contributed by atoms with E-state index in [9.17, 15) is 14.4 Å². The van der Waals surface area contributed by atoms with Crippen LogP contribution in [0.2, 0.25) is 0 Å². The Hall–Kier alpha value is -1.65. The number of hydrogen-bond acceptors (Lipinski definition) is 5. The van der Waals surface area contributed by atoms with Crippen molar-refractivity contribution in [3.8, 4) is 0 Å². The minimum absolute atomic E-state index is 0.104. The SMILES string of the molecule is C=C(C)CCCC(C)CC(=O)C1C(=O)OC(C)(C)OC1=O. The van der Waals surface area contributed by atoms with E-state index in [-0.39, 0.29) is 12.3 Å². The Morgan fingerprint density at radius 1 is 1.29 bits per heavy atom. The Morgan fingerprint density at radius 3 is 2.29 bits per heavy atom. The first-order valence-electron chi connectivity index (χ1n) is 7.25. The van der Waals surface area contributed by atoms with E-state index >= 15 is 0 Å². The fraction of sp³-hybridized carbons (Fsp3) is 0.688. The lowest BCUT2D eigenvalue weighted by Crippen LogP contribution is -2.49. The highest BCUT2D eigenvalue weighted by molar-refractivity contribution is 6.15. The Kier molecular flexibility index (Phi) is 5.70. The van der Waals surface area contributed by atoms with Gasteiger partial charge in [-0.25, -0.2) is 0 Å². The van der Waals surface area contributed by atoms with Crippen molar-refractivity contribution in [2.45, 2.75) is 59.2 Å². The van der Waals surface area contributed by atoms with Crippen LogP contribution in [0.3, 0.4) is 0 Å². The number of hydrogen-bond donors (Lipinski definition) is 0. The van der Waals surface area contributed by atoms with Gasteiger partial charge in [0.2, 0.25) is 5.92 Å². The number of ether oxygens (including phenoxy) is 2. The Morgan fingerprint density at radius 2 is 1.81 bits per heavy atom. The molecule has 0 radical (unpaired) electrons. The van der Waals surface area contributed by atoms with E-state index in [2.05, 4.69) is 6.58 Å². The first-order chi connectivity index (χ1) is 9.62. The van der Waals surface area contributed by atoms with Crippen molar-refractivity contribution in [2.75, 3.05) is 0 Å². The predicted molar refractivity (Wildman–Crippen MR) is 77.2 cm³/mol. The lowest BCUT2D eigenvalue weighted by Gasteiger charge is -2.32. The summed E-state index contributed by atoms with van der Waals surface area (Å²) in [4.78, 5) is 35.7. The van der Waals surface area contributed by atoms with Gasteiger partial charge in [-0.15, -0.1) is 6.58 Å². The van der Waals surface area contributed by atoms with Gasteiger partial charge in [0.1, 0.15) is 0 Å². The first kappa shape index (κ1) is 17.4. The molecule has 1 aliphatic heterocycles. The molecule has 1 atom stereocenters. The molecule has 0 aromatic carbocycles. The average molecular weight is 296 g/mol. The highest BCUT2D eigenvalue weighted by Crippen LogP contribution is 2.26. The molecule has 0 spiro atoms. The van der Waals surface area contributed by atoms with Gasteiger partial charge in [0.15, 0.2) is 5.78 Å². The number of Topliss-reactive ketones (excluding diaryl/α,β-unsaturated/α-hetero) is 1. The van der Waals surface area contributed by atoms with Gasteiger partial charge in [-0.05, 0) is 32.1 Å². The van der Waals surface area contributed by atoms with Gasteiger partial charge in [0, 0.05) is 20.3 Å². The molecule has 1 fully saturated rings. The second kappa shape index (κ2) is 6.87. The number of allylic oxidation sites excluding steroid dienone is 1. The molecule has 0 aliphatic carbocycles. The zero-order chi connectivity index (χ0) is 16.2. The van der Waals surface area contributed by atoms with Crippen LogP contribution in [-0.4, -0.2) is 23.5 Å². The molecule has 1 aliphatic rings. The van der Waals surface area contributed by atoms with Crippen LogP contribution in [0.4, 0.5) is 0 Å². The fourth-order valence-electron chi connectivity index (χ4n) is 2.30. The molecule has 0 amide bonds. The van der Waals surface area contributed by atoms with Crippen molar-refractivity contribution in [2.24, 2.45) is 11.8 Å². The third-order valence-electron chi connectivity index (χ3n) is 3.34. The van der Waals surface area contributed by atoms with Crippen LogP contribution in [0.15, 0.2) is 12.2 Å². The lowest BCUT2D eigenvalue weighted by molar-refractivity contribution is -0.238. The van der Waals surface area contributed by atoms with Gasteiger partial charge in [-0.2, -0.15) is 0 Å². The molecule has 1 heterocycles. The average Bonchev–Trinajstić information content (AvgIpc) is 2.24. The van der Waals surface area contributed by atoms with E-state index in [1.54, 1.807) is 0 Å². The Bertz CT molecular complexity index is 430. The van der Waals surface area contributed by atoms with E-state index in [1.165, 1.54) is 13.8 Å². The number of esters is 2. The summed E-state index contributed by atoms with van der Waals surface area (Å²) in [6.45, 7) is 10.6. The molecule has 0 N–H and O–H groups in total. The smallest absolute Gasteiger partial charge is 0.331 e. The zero-order valence-corrected chi connectivity index (χ0v) is 13.2. The molecule has 1 unspecified atom stereocenters. The minimum Gasteiger partial charge on any atom is -0.422 e. The second-order valence-electron chi connectivity index (χ2n) is 6.30. The van der Waals surface area contributed by atoms with E-state index in [1.807, 2.05) is 13.8 Å². The van der Waals surface area contributed by atoms with Crippen molar-refractivity contribution in [3.05, 3.63) is 12.2 Å². The maximum absolute atomic E-state index is 12.1. The van der Waals surface area contributed by atoms with E-state index in [0.29, 0.717) is 0 Å². The molecule has 0 aromatic heterocycles. The maximum Gasteiger partial charge on any atom is 0.331 e. The third kappa shape index (κ3) is 5.33. The maximum atomic E-state index is 12.1. The van der Waals surface area contributed by atoms with Crippen molar-refractivity contribution in [1.29, 1.82) is 0 Å². The van der Waals surface area contributed by atoms with Gasteiger partial charge in [-0.3, -0.25) is 14.4 Å². The molecule has 0 aromatic rings. The van der Waals surface area contributed by atoms with Gasteiger partial charge in [0.25, 0.3) is 5.79 Å². The normalized spacial score (nSPS) is 19.6. The first-order valence-corrected chi connectivity index (χ1v) is 7.25. The van der Waals surface area contributed by atoms with Gasteiger partial charge < -0.3 is 9.47 Å². The van der Waals surface area contributed by atoms with Crippen molar-refractivity contribution >= 4 is 17.7 Å². The summed E-state index contributed by atoms with van der Waals surface area (Å²) >= 11 is 0. The highest BCUT2D eigenvalue weighted by Gasteiger charge is 2.47. The van der Waals surface area contributed by atoms with Crippen LogP contribution in [0.5, 0.6) is 0 Å². The van der Waals surface area contributed by atoms with Crippen LogP contribution < -0.4 is 0 Å². The van der Waals surface area contributed by atoms with Crippen molar-refractivity contribution in [1.82, 2.24) is 0 Å². The summed E-state index contributed by atoms with van der Waals surface area (Å²) in [6, 6.07) is 0. The summed E-state index contributed by atoms with van der Waals surface area (Å²) in [5.74, 6) is -4.67. The summed E-state index contributed by atoms with van der Waals surface area (Å²) in [5.41, 5.74) is 1.11. The number of ketones is 1. The van der Waals surface area contributed by atoms with Gasteiger partial charge in [0.05, 0.1) is 0 Å². The van der Waals surface area contributed by atoms with Crippen molar-refractivity contribution in [3.63, 3.8) is 0 Å². The molecule has 5 heteroatoms. The zero-order valence-electron chi connectivity index (χ0n) is 13.2. The molecule has 5 nitrogen and oxygen atoms in total. The Balaban J connectivity index is 2.53. The number of cyclic esters (lactones) is 2. The molecule has 1 rings (SSSR count). The molecule has 0 saturated carbocycles. The fourth-order valence-corrected chi connectivity index (χ4v) is 2.30. The minimum atomic E-state index is -1.43. The van der Waals surface area contributed by atoms with E-state index < -0.39 is 29.4 Å². The van der Waals surface area contributed by atoms with Crippen LogP contribution in [0.1, 0.15) is 53.4 Å². The second-order valence-corrected chi connectivity index (χ2v) is 6.30. The molecule has 21 heavy (non-hydrogen) atoms. The topological polar surface area (TPSA) is 69.7 Å². The standard InChI is InChI=1S/C16H24O5/c1-10(2)7-6-8-11(3)9-12(17)13-14(18)20-16(4,5)21-15(13)19/h11,13H,1,6-9H2,2-5H3. The quantitative estimate of drug-likeness (QED) is 0.410. The van der Waals surface area contributed by atoms with Gasteiger partial charge >= 0.3 is 11.9 Å². The molecule has 0 bridgehead atoms. The molecule has 118 valence electrons. The number of rotatable bonds is 7. The van der Waals surface area contributed by atoms with Crippen molar-refractivity contribution < 1.29 is 23.9 Å². The van der Waals surface area contributed by atoms with Crippen LogP contribution in [-0.2, 0) is 23.9 Å². The van der Waals surface area contributed by atoms with Crippen LogP contribution >= 0.6 is 0 Å². The van der Waals surface area contributed by atoms with Crippen LogP contribution in [0, 0.1) is 11.8 Å². The van der Waals surface area contributed by atoms with Gasteiger partial charge in [-0.1, -0.05) is 12.5 Å². The molecule has 1 saturated heterocycles. The summed E-state index contributed by atoms with van der Waals surface area (Å²) in [7, 11) is 0. The summed E-state index contributed by atoms with van der Waals surface area (Å²) in [6.07, 6.45) is 2.88. The lowest BCUT2D eigenvalue weighted by atomic mass is 9.91. The predicted octanol–water partition coefficient (Wildman–Crippen LogP) is 2.78. The third-order valence-corrected chi connectivity index (χ3v) is 3.34. The number of carbonyl (C=O) groups is 3. The molecular weight excluding hydrogens is 272 g/mol. The summed E-state index contributed by atoms with van der Waals surface area (Å²) in [5, 5.41) is 0.